The summed E-state index contributed by atoms with van der Waals surface area (Å²) in [6.45, 7) is -0.862. The summed E-state index contributed by atoms with van der Waals surface area (Å²) in [6.07, 6.45) is -6.37. The molecule has 7 nitrogen and oxygen atoms in total. The Morgan fingerprint density at radius 1 is 1.41 bits per heavy atom. The smallest absolute Gasteiger partial charge is 0.402 e. The van der Waals surface area contributed by atoms with Gasteiger partial charge < -0.3 is 10.2 Å². The predicted octanol–water partition coefficient (Wildman–Crippen LogP) is -1.19. The fourth-order valence-corrected chi connectivity index (χ4v) is 1.81. The zero-order valence-corrected chi connectivity index (χ0v) is 9.34. The highest BCUT2D eigenvalue weighted by molar-refractivity contribution is 7.87. The molecule has 0 amide bonds. The quantitative estimate of drug-likeness (QED) is 0.488. The molecule has 0 aliphatic heterocycles. The van der Waals surface area contributed by atoms with Crippen LogP contribution in [0.2, 0.25) is 0 Å². The SMILES string of the molecule is CC(O)C(NS(=O)(=O)NCC(F)(F)F)C(=O)O. The van der Waals surface area contributed by atoms with Crippen LogP contribution in [0.1, 0.15) is 6.92 Å². The molecular weight excluding hydrogens is 269 g/mol. The highest BCUT2D eigenvalue weighted by Gasteiger charge is 2.32. The minimum Gasteiger partial charge on any atom is -0.480 e. The summed E-state index contributed by atoms with van der Waals surface area (Å²) in [7, 11) is -4.66. The molecule has 0 fully saturated rings. The number of aliphatic carboxylic acids is 1. The maximum absolute atomic E-state index is 11.7. The van der Waals surface area contributed by atoms with E-state index in [2.05, 4.69) is 0 Å². The molecule has 0 aromatic carbocycles. The summed E-state index contributed by atoms with van der Waals surface area (Å²) in [5, 5.41) is 17.4. The van der Waals surface area contributed by atoms with Crippen LogP contribution < -0.4 is 9.44 Å². The first kappa shape index (κ1) is 16.1. The highest BCUT2D eigenvalue weighted by atomic mass is 32.2. The number of hydrogen-bond acceptors (Lipinski definition) is 4. The van der Waals surface area contributed by atoms with Crippen LogP contribution in [0.25, 0.3) is 0 Å². The van der Waals surface area contributed by atoms with Gasteiger partial charge in [0.05, 0.1) is 6.10 Å². The van der Waals surface area contributed by atoms with E-state index < -0.39 is 41.0 Å². The monoisotopic (exact) mass is 280 g/mol. The molecule has 0 aromatic rings. The average Bonchev–Trinajstić information content (AvgIpc) is 2.09. The topological polar surface area (TPSA) is 116 Å². The molecule has 0 bridgehead atoms. The molecule has 0 aromatic heterocycles. The first-order valence-electron chi connectivity index (χ1n) is 4.19. The molecule has 0 spiro atoms. The molecule has 0 heterocycles. The molecule has 0 saturated heterocycles. The van der Waals surface area contributed by atoms with E-state index >= 15 is 0 Å². The third-order valence-corrected chi connectivity index (χ3v) is 2.58. The molecule has 2 atom stereocenters. The molecule has 102 valence electrons. The largest absolute Gasteiger partial charge is 0.480 e. The summed E-state index contributed by atoms with van der Waals surface area (Å²) in [5.41, 5.74) is 0. The van der Waals surface area contributed by atoms with E-state index in [1.165, 1.54) is 4.72 Å². The minimum absolute atomic E-state index is 0.977. The van der Waals surface area contributed by atoms with Crippen LogP contribution >= 0.6 is 0 Å². The maximum Gasteiger partial charge on any atom is 0.402 e. The van der Waals surface area contributed by atoms with Gasteiger partial charge >= 0.3 is 12.1 Å². The van der Waals surface area contributed by atoms with Crippen molar-refractivity contribution in [3.8, 4) is 0 Å². The van der Waals surface area contributed by atoms with E-state index in [-0.39, 0.29) is 0 Å². The van der Waals surface area contributed by atoms with E-state index in [0.717, 1.165) is 11.6 Å². The lowest BCUT2D eigenvalue weighted by atomic mass is 10.2. The van der Waals surface area contributed by atoms with Gasteiger partial charge in [0.15, 0.2) is 0 Å². The molecule has 0 saturated carbocycles. The van der Waals surface area contributed by atoms with E-state index in [1.807, 2.05) is 0 Å². The lowest BCUT2D eigenvalue weighted by molar-refractivity contribution is -0.141. The van der Waals surface area contributed by atoms with Crippen LogP contribution in [-0.2, 0) is 15.0 Å². The van der Waals surface area contributed by atoms with Crippen LogP contribution in [-0.4, -0.2) is 49.5 Å². The number of carboxylic acid groups (broad SMARTS) is 1. The van der Waals surface area contributed by atoms with Gasteiger partial charge in [-0.1, -0.05) is 0 Å². The number of carboxylic acids is 1. The molecule has 4 N–H and O–H groups in total. The van der Waals surface area contributed by atoms with Crippen molar-refractivity contribution in [2.45, 2.75) is 25.2 Å². The number of halogens is 3. The van der Waals surface area contributed by atoms with Gasteiger partial charge in [0.1, 0.15) is 12.6 Å². The first-order chi connectivity index (χ1) is 7.44. The van der Waals surface area contributed by atoms with E-state index in [9.17, 15) is 26.4 Å². The lowest BCUT2D eigenvalue weighted by Gasteiger charge is -2.17. The summed E-state index contributed by atoms with van der Waals surface area (Å²) < 4.78 is 59.6. The number of rotatable bonds is 6. The molecule has 0 rings (SSSR count). The highest BCUT2D eigenvalue weighted by Crippen LogP contribution is 2.12. The second-order valence-corrected chi connectivity index (χ2v) is 4.65. The number of aliphatic hydroxyl groups excluding tert-OH is 1. The maximum atomic E-state index is 11.7. The van der Waals surface area contributed by atoms with Gasteiger partial charge in [-0.15, -0.1) is 0 Å². The van der Waals surface area contributed by atoms with Crippen molar-refractivity contribution in [3.05, 3.63) is 0 Å². The van der Waals surface area contributed by atoms with E-state index in [1.54, 1.807) is 0 Å². The lowest BCUT2D eigenvalue weighted by Crippen LogP contribution is -2.52. The van der Waals surface area contributed by atoms with Gasteiger partial charge in [-0.25, -0.2) is 0 Å². The third-order valence-electron chi connectivity index (χ3n) is 1.49. The fourth-order valence-electron chi connectivity index (χ4n) is 0.741. The fraction of sp³-hybridized carbons (Fsp3) is 0.833. The number of aliphatic hydroxyl groups is 1. The van der Waals surface area contributed by atoms with Crippen LogP contribution in [0, 0.1) is 0 Å². The van der Waals surface area contributed by atoms with Gasteiger partial charge in [-0.3, -0.25) is 4.79 Å². The van der Waals surface area contributed by atoms with Gasteiger partial charge in [0, 0.05) is 0 Å². The molecule has 0 aliphatic rings. The average molecular weight is 280 g/mol. The van der Waals surface area contributed by atoms with Crippen molar-refractivity contribution in [2.24, 2.45) is 0 Å². The van der Waals surface area contributed by atoms with Crippen LogP contribution in [0.3, 0.4) is 0 Å². The Balaban J connectivity index is 4.58. The van der Waals surface area contributed by atoms with Gasteiger partial charge in [-0.2, -0.15) is 31.0 Å². The standard InChI is InChI=1S/C6H11F3N2O5S/c1-3(12)4(5(13)14)11-17(15,16)10-2-6(7,8)9/h3-4,10-12H,2H2,1H3,(H,13,14). The van der Waals surface area contributed by atoms with Crippen molar-refractivity contribution >= 4 is 16.2 Å². The normalized spacial score (nSPS) is 16.5. The summed E-state index contributed by atoms with van der Waals surface area (Å²) in [5.74, 6) is -1.71. The Labute approximate surface area is 94.8 Å². The van der Waals surface area contributed by atoms with Crippen molar-refractivity contribution < 1.29 is 36.6 Å². The van der Waals surface area contributed by atoms with E-state index in [0.29, 0.717) is 0 Å². The predicted molar refractivity (Wildman–Crippen MR) is 49.2 cm³/mol. The first-order valence-corrected chi connectivity index (χ1v) is 5.67. The third kappa shape index (κ3) is 7.10. The number of carbonyl (C=O) groups is 1. The van der Waals surface area contributed by atoms with E-state index in [4.69, 9.17) is 10.2 Å². The Hall–Kier alpha value is -0.910. The van der Waals surface area contributed by atoms with Gasteiger partial charge in [0.25, 0.3) is 10.2 Å². The molecule has 0 aliphatic carbocycles. The van der Waals surface area contributed by atoms with Crippen molar-refractivity contribution in [3.63, 3.8) is 0 Å². The Bertz CT molecular complexity index is 366. The molecular formula is C6H11F3N2O5S. The molecule has 17 heavy (non-hydrogen) atoms. The van der Waals surface area contributed by atoms with Crippen molar-refractivity contribution in [1.82, 2.24) is 9.44 Å². The Kier molecular flexibility index (Phi) is 5.32. The Morgan fingerprint density at radius 3 is 2.18 bits per heavy atom. The van der Waals surface area contributed by atoms with Gasteiger partial charge in [-0.05, 0) is 6.92 Å². The molecule has 2 unspecified atom stereocenters. The summed E-state index contributed by atoms with van der Waals surface area (Å²) in [6, 6.07) is -1.93. The Morgan fingerprint density at radius 2 is 1.88 bits per heavy atom. The van der Waals surface area contributed by atoms with Crippen molar-refractivity contribution in [2.75, 3.05) is 6.54 Å². The second kappa shape index (κ2) is 5.62. The van der Waals surface area contributed by atoms with Crippen LogP contribution in [0.15, 0.2) is 0 Å². The number of nitrogens with one attached hydrogen (secondary N) is 2. The molecule has 11 heteroatoms. The van der Waals surface area contributed by atoms with Crippen LogP contribution in [0.4, 0.5) is 13.2 Å². The number of hydrogen-bond donors (Lipinski definition) is 4. The van der Waals surface area contributed by atoms with Crippen molar-refractivity contribution in [1.29, 1.82) is 0 Å². The van der Waals surface area contributed by atoms with Crippen LogP contribution in [0.5, 0.6) is 0 Å². The zero-order valence-electron chi connectivity index (χ0n) is 8.52. The molecule has 0 radical (unpaired) electrons. The zero-order chi connectivity index (χ0) is 13.9. The minimum atomic E-state index is -4.77. The summed E-state index contributed by atoms with van der Waals surface area (Å²) in [4.78, 5) is 10.5. The summed E-state index contributed by atoms with van der Waals surface area (Å²) >= 11 is 0. The van der Waals surface area contributed by atoms with Gasteiger partial charge in [0.2, 0.25) is 0 Å². The second-order valence-electron chi connectivity index (χ2n) is 3.11. The number of alkyl halides is 3.